The van der Waals surface area contributed by atoms with Crippen LogP contribution in [-0.2, 0) is 4.79 Å². The van der Waals surface area contributed by atoms with E-state index in [0.717, 1.165) is 38.8 Å². The van der Waals surface area contributed by atoms with Gasteiger partial charge in [0.05, 0.1) is 0 Å². The van der Waals surface area contributed by atoms with Crippen molar-refractivity contribution >= 4 is 11.9 Å². The van der Waals surface area contributed by atoms with Crippen molar-refractivity contribution in [2.75, 3.05) is 20.1 Å². The van der Waals surface area contributed by atoms with Crippen molar-refractivity contribution < 1.29 is 9.59 Å². The van der Waals surface area contributed by atoms with E-state index in [9.17, 15) is 9.59 Å². The Morgan fingerprint density at radius 2 is 1.74 bits per heavy atom. The molecule has 0 unspecified atom stereocenters. The topological polar surface area (TPSA) is 61.4 Å². The number of carbonyl (C=O) groups excluding carboxylic acids is 2. The molecular formula is C14H25N3O2. The Bertz CT molecular complexity index is 319. The minimum atomic E-state index is 0.0882. The van der Waals surface area contributed by atoms with Crippen molar-refractivity contribution in [1.82, 2.24) is 15.5 Å². The van der Waals surface area contributed by atoms with Gasteiger partial charge in [-0.05, 0) is 31.6 Å². The van der Waals surface area contributed by atoms with Crippen LogP contribution in [0.4, 0.5) is 4.79 Å². The average Bonchev–Trinajstić information content (AvgIpc) is 2.92. The van der Waals surface area contributed by atoms with E-state index in [4.69, 9.17) is 0 Å². The Morgan fingerprint density at radius 3 is 2.32 bits per heavy atom. The highest BCUT2D eigenvalue weighted by molar-refractivity contribution is 5.76. The Balaban J connectivity index is 1.70. The maximum absolute atomic E-state index is 12.1. The maximum atomic E-state index is 12.1. The van der Waals surface area contributed by atoms with E-state index in [2.05, 4.69) is 10.6 Å². The van der Waals surface area contributed by atoms with Crippen LogP contribution in [0, 0.1) is 5.92 Å². The number of nitrogens with zero attached hydrogens (tertiary/aromatic N) is 1. The van der Waals surface area contributed by atoms with Crippen LogP contribution in [0.2, 0.25) is 0 Å². The lowest BCUT2D eigenvalue weighted by Gasteiger charge is -2.32. The van der Waals surface area contributed by atoms with Gasteiger partial charge in [-0.3, -0.25) is 4.79 Å². The van der Waals surface area contributed by atoms with Crippen LogP contribution in [0.15, 0.2) is 0 Å². The van der Waals surface area contributed by atoms with Crippen molar-refractivity contribution in [2.24, 2.45) is 5.92 Å². The first-order chi connectivity index (χ1) is 9.19. The van der Waals surface area contributed by atoms with Gasteiger partial charge < -0.3 is 15.5 Å². The standard InChI is InChI=1S/C14H25N3O2/c1-15-13(18)10-11-6-8-17(9-7-11)14(19)16-12-4-2-3-5-12/h11-12H,2-10H2,1H3,(H,15,18)(H,16,19). The van der Waals surface area contributed by atoms with Crippen LogP contribution in [0.5, 0.6) is 0 Å². The molecular weight excluding hydrogens is 242 g/mol. The molecule has 1 aliphatic heterocycles. The lowest BCUT2D eigenvalue weighted by Crippen LogP contribution is -2.47. The van der Waals surface area contributed by atoms with Crippen molar-refractivity contribution in [3.8, 4) is 0 Å². The predicted octanol–water partition coefficient (Wildman–Crippen LogP) is 1.49. The van der Waals surface area contributed by atoms with Crippen LogP contribution in [-0.4, -0.2) is 43.0 Å². The molecule has 0 atom stereocenters. The number of hydrogen-bond acceptors (Lipinski definition) is 2. The van der Waals surface area contributed by atoms with Gasteiger partial charge in [-0.15, -0.1) is 0 Å². The van der Waals surface area contributed by atoms with E-state index < -0.39 is 0 Å². The molecule has 5 nitrogen and oxygen atoms in total. The van der Waals surface area contributed by atoms with Crippen LogP contribution >= 0.6 is 0 Å². The highest BCUT2D eigenvalue weighted by Crippen LogP contribution is 2.22. The number of nitrogens with one attached hydrogen (secondary N) is 2. The molecule has 0 aromatic heterocycles. The molecule has 0 aromatic carbocycles. The van der Waals surface area contributed by atoms with Crippen LogP contribution < -0.4 is 10.6 Å². The summed E-state index contributed by atoms with van der Waals surface area (Å²) in [7, 11) is 1.67. The van der Waals surface area contributed by atoms with E-state index in [-0.39, 0.29) is 11.9 Å². The number of piperidine rings is 1. The third-order valence-corrected chi connectivity index (χ3v) is 4.34. The van der Waals surface area contributed by atoms with Crippen molar-refractivity contribution in [3.05, 3.63) is 0 Å². The van der Waals surface area contributed by atoms with E-state index >= 15 is 0 Å². The van der Waals surface area contributed by atoms with Gasteiger partial charge in [0, 0.05) is 32.6 Å². The molecule has 0 spiro atoms. The SMILES string of the molecule is CNC(=O)CC1CCN(C(=O)NC2CCCC2)CC1. The third-order valence-electron chi connectivity index (χ3n) is 4.34. The van der Waals surface area contributed by atoms with Crippen molar-refractivity contribution in [2.45, 2.75) is 51.0 Å². The second-order valence-electron chi connectivity index (χ2n) is 5.74. The zero-order valence-corrected chi connectivity index (χ0v) is 11.8. The number of likely N-dealkylation sites (tertiary alicyclic amines) is 1. The molecule has 0 radical (unpaired) electrons. The Labute approximate surface area is 115 Å². The second kappa shape index (κ2) is 6.78. The molecule has 3 amide bonds. The van der Waals surface area contributed by atoms with Gasteiger partial charge in [0.2, 0.25) is 5.91 Å². The molecule has 2 rings (SSSR count). The Kier molecular flexibility index (Phi) is 5.05. The molecule has 1 heterocycles. The largest absolute Gasteiger partial charge is 0.359 e. The molecule has 2 N–H and O–H groups in total. The lowest BCUT2D eigenvalue weighted by atomic mass is 9.93. The Hall–Kier alpha value is -1.26. The minimum Gasteiger partial charge on any atom is -0.359 e. The van der Waals surface area contributed by atoms with Gasteiger partial charge in [-0.2, -0.15) is 0 Å². The normalized spacial score (nSPS) is 21.4. The van der Waals surface area contributed by atoms with Gasteiger partial charge in [-0.1, -0.05) is 12.8 Å². The zero-order valence-electron chi connectivity index (χ0n) is 11.8. The first kappa shape index (κ1) is 14.2. The van der Waals surface area contributed by atoms with Gasteiger partial charge in [0.25, 0.3) is 0 Å². The number of rotatable bonds is 3. The maximum Gasteiger partial charge on any atom is 0.317 e. The van der Waals surface area contributed by atoms with Crippen LogP contribution in [0.3, 0.4) is 0 Å². The fourth-order valence-corrected chi connectivity index (χ4v) is 3.04. The summed E-state index contributed by atoms with van der Waals surface area (Å²) < 4.78 is 0. The quantitative estimate of drug-likeness (QED) is 0.814. The molecule has 0 bridgehead atoms. The summed E-state index contributed by atoms with van der Waals surface area (Å²) >= 11 is 0. The molecule has 2 fully saturated rings. The fourth-order valence-electron chi connectivity index (χ4n) is 3.04. The summed E-state index contributed by atoms with van der Waals surface area (Å²) in [5.41, 5.74) is 0. The third kappa shape index (κ3) is 4.11. The smallest absolute Gasteiger partial charge is 0.317 e. The van der Waals surface area contributed by atoms with Crippen molar-refractivity contribution in [3.63, 3.8) is 0 Å². The molecule has 19 heavy (non-hydrogen) atoms. The molecule has 1 saturated carbocycles. The molecule has 1 saturated heterocycles. The number of carbonyl (C=O) groups is 2. The molecule has 108 valence electrons. The van der Waals surface area contributed by atoms with Gasteiger partial charge in [-0.25, -0.2) is 4.79 Å². The summed E-state index contributed by atoms with van der Waals surface area (Å²) in [5.74, 6) is 0.532. The number of amides is 3. The van der Waals surface area contributed by atoms with E-state index in [1.807, 2.05) is 4.90 Å². The van der Waals surface area contributed by atoms with Crippen LogP contribution in [0.25, 0.3) is 0 Å². The Morgan fingerprint density at radius 1 is 1.11 bits per heavy atom. The first-order valence-electron chi connectivity index (χ1n) is 7.45. The monoisotopic (exact) mass is 267 g/mol. The molecule has 5 heteroatoms. The lowest BCUT2D eigenvalue weighted by molar-refractivity contribution is -0.121. The summed E-state index contributed by atoms with van der Waals surface area (Å²) in [6.45, 7) is 1.56. The van der Waals surface area contributed by atoms with Crippen molar-refractivity contribution in [1.29, 1.82) is 0 Å². The summed E-state index contributed by atoms with van der Waals surface area (Å²) in [6.07, 6.45) is 7.18. The summed E-state index contributed by atoms with van der Waals surface area (Å²) in [6, 6.07) is 0.474. The van der Waals surface area contributed by atoms with Gasteiger partial charge >= 0.3 is 6.03 Å². The molecule has 1 aliphatic carbocycles. The van der Waals surface area contributed by atoms with E-state index in [1.54, 1.807) is 7.05 Å². The van der Waals surface area contributed by atoms with E-state index in [0.29, 0.717) is 18.4 Å². The highest BCUT2D eigenvalue weighted by atomic mass is 16.2. The first-order valence-corrected chi connectivity index (χ1v) is 7.45. The molecule has 0 aromatic rings. The van der Waals surface area contributed by atoms with Gasteiger partial charge in [0.15, 0.2) is 0 Å². The highest BCUT2D eigenvalue weighted by Gasteiger charge is 2.26. The van der Waals surface area contributed by atoms with Gasteiger partial charge in [0.1, 0.15) is 0 Å². The average molecular weight is 267 g/mol. The number of urea groups is 1. The van der Waals surface area contributed by atoms with Crippen LogP contribution in [0.1, 0.15) is 44.9 Å². The zero-order chi connectivity index (χ0) is 13.7. The fraction of sp³-hybridized carbons (Fsp3) is 0.857. The molecule has 2 aliphatic rings. The van der Waals surface area contributed by atoms with E-state index in [1.165, 1.54) is 12.8 Å². The summed E-state index contributed by atoms with van der Waals surface area (Å²) in [5, 5.41) is 5.79. The second-order valence-corrected chi connectivity index (χ2v) is 5.74. The number of hydrogen-bond donors (Lipinski definition) is 2. The summed E-state index contributed by atoms with van der Waals surface area (Å²) in [4.78, 5) is 25.3. The minimum absolute atomic E-state index is 0.0882. The predicted molar refractivity (Wildman–Crippen MR) is 73.8 cm³/mol.